The van der Waals surface area contributed by atoms with Gasteiger partial charge >= 0.3 is 0 Å². The van der Waals surface area contributed by atoms with E-state index in [2.05, 4.69) is 263 Å². The van der Waals surface area contributed by atoms with Gasteiger partial charge < -0.3 is 9.80 Å². The standard InChI is InChI=1S/C72H54N4/c1-43-29-33-65-61(37-43)71(57-25-11-7-21-53(57)54-22-8-12-26-58(54)71)62-38-44(2)30-34-66(62)75(65)51-19-15-17-49(41-51)69-47(5)70(74-48(6)73-69)50-18-16-20-52(42-50)76-67-35-31-45(3)39-63(67)72(64-40-46(4)32-36-68(64)76)59-27-13-9-23-55(59)56-24-10-14-28-60(56)72/h7-42H,1-6H3. The van der Waals surface area contributed by atoms with Gasteiger partial charge in [0, 0.05) is 28.1 Å². The van der Waals surface area contributed by atoms with E-state index in [0.29, 0.717) is 0 Å². The van der Waals surface area contributed by atoms with Crippen molar-refractivity contribution in [2.45, 2.75) is 52.4 Å². The summed E-state index contributed by atoms with van der Waals surface area (Å²) in [4.78, 5) is 15.5. The minimum absolute atomic E-state index is 0.487. The maximum atomic E-state index is 5.26. The zero-order valence-electron chi connectivity index (χ0n) is 43.6. The number of aromatic nitrogens is 2. The predicted molar refractivity (Wildman–Crippen MR) is 312 cm³/mol. The molecule has 2 spiro atoms. The predicted octanol–water partition coefficient (Wildman–Crippen LogP) is 18.0. The van der Waals surface area contributed by atoms with Crippen molar-refractivity contribution in [3.63, 3.8) is 0 Å². The first kappa shape index (κ1) is 44.4. The lowest BCUT2D eigenvalue weighted by molar-refractivity contribution is 0.750. The Morgan fingerprint density at radius 3 is 0.908 bits per heavy atom. The summed E-state index contributed by atoms with van der Waals surface area (Å²) in [6.07, 6.45) is 0. The second-order valence-corrected chi connectivity index (χ2v) is 21.6. The molecule has 0 saturated carbocycles. The zero-order valence-corrected chi connectivity index (χ0v) is 43.6. The molecule has 0 saturated heterocycles. The van der Waals surface area contributed by atoms with Gasteiger partial charge in [-0.1, -0.05) is 192 Å². The summed E-state index contributed by atoms with van der Waals surface area (Å²) < 4.78 is 0. The Kier molecular flexibility index (Phi) is 9.45. The highest BCUT2D eigenvalue weighted by Crippen LogP contribution is 2.65. The van der Waals surface area contributed by atoms with Crippen LogP contribution in [-0.2, 0) is 10.8 Å². The van der Waals surface area contributed by atoms with Gasteiger partial charge in [0.15, 0.2) is 0 Å². The molecule has 0 unspecified atom stereocenters. The Balaban J connectivity index is 0.870. The van der Waals surface area contributed by atoms with Gasteiger partial charge in [-0.25, -0.2) is 9.97 Å². The first-order valence-electron chi connectivity index (χ1n) is 26.6. The van der Waals surface area contributed by atoms with Crippen LogP contribution in [0.2, 0.25) is 0 Å². The van der Waals surface area contributed by atoms with E-state index in [1.54, 1.807) is 0 Å². The highest BCUT2D eigenvalue weighted by Gasteiger charge is 2.53. The van der Waals surface area contributed by atoms with Crippen molar-refractivity contribution in [2.24, 2.45) is 0 Å². The third-order valence-corrected chi connectivity index (χ3v) is 17.1. The van der Waals surface area contributed by atoms with Crippen LogP contribution in [0.3, 0.4) is 0 Å². The third kappa shape index (κ3) is 5.95. The van der Waals surface area contributed by atoms with Crippen LogP contribution in [0.4, 0.5) is 34.1 Å². The van der Waals surface area contributed by atoms with Crippen LogP contribution in [0, 0.1) is 41.5 Å². The topological polar surface area (TPSA) is 32.3 Å². The van der Waals surface area contributed by atoms with E-state index < -0.39 is 10.8 Å². The molecule has 4 heteroatoms. The fraction of sp³-hybridized carbons (Fsp3) is 0.111. The number of anilines is 6. The molecule has 0 N–H and O–H groups in total. The molecule has 15 rings (SSSR count). The molecule has 3 heterocycles. The van der Waals surface area contributed by atoms with E-state index >= 15 is 0 Å². The van der Waals surface area contributed by atoms with Gasteiger partial charge in [-0.3, -0.25) is 0 Å². The first-order valence-corrected chi connectivity index (χ1v) is 26.6. The lowest BCUT2D eigenvalue weighted by atomic mass is 9.64. The molecule has 0 bridgehead atoms. The van der Waals surface area contributed by atoms with E-state index in [0.717, 1.165) is 45.3 Å². The third-order valence-electron chi connectivity index (χ3n) is 17.1. The van der Waals surface area contributed by atoms with E-state index in [4.69, 9.17) is 9.97 Å². The number of hydrogen-bond acceptors (Lipinski definition) is 4. The van der Waals surface area contributed by atoms with Gasteiger partial charge in [-0.15, -0.1) is 0 Å². The molecule has 2 aliphatic heterocycles. The second kappa shape index (κ2) is 16.2. The molecule has 0 atom stereocenters. The lowest BCUT2D eigenvalue weighted by Crippen LogP contribution is -2.36. The molecule has 0 amide bonds. The fourth-order valence-corrected chi connectivity index (χ4v) is 14.1. The van der Waals surface area contributed by atoms with Crippen molar-refractivity contribution < 1.29 is 0 Å². The molecule has 362 valence electrons. The number of hydrogen-bond donors (Lipinski definition) is 0. The minimum Gasteiger partial charge on any atom is -0.310 e. The second-order valence-electron chi connectivity index (χ2n) is 21.6. The Bertz CT molecular complexity index is 3820. The molecule has 11 aromatic rings. The van der Waals surface area contributed by atoms with Crippen molar-refractivity contribution >= 4 is 34.1 Å². The normalized spacial score (nSPS) is 14.3. The van der Waals surface area contributed by atoms with Gasteiger partial charge in [-0.05, 0) is 157 Å². The molecule has 1 aromatic heterocycles. The Morgan fingerprint density at radius 1 is 0.289 bits per heavy atom. The number of benzene rings is 10. The van der Waals surface area contributed by atoms with E-state index in [-0.39, 0.29) is 0 Å². The van der Waals surface area contributed by atoms with Gasteiger partial charge in [0.05, 0.1) is 45.0 Å². The minimum atomic E-state index is -0.487. The number of aryl methyl sites for hydroxylation is 5. The smallest absolute Gasteiger partial charge is 0.126 e. The molecule has 4 nitrogen and oxygen atoms in total. The first-order chi connectivity index (χ1) is 37.1. The number of nitrogens with zero attached hydrogens (tertiary/aromatic N) is 4. The molecule has 0 fully saturated rings. The van der Waals surface area contributed by atoms with Gasteiger partial charge in [0.2, 0.25) is 0 Å². The fourth-order valence-electron chi connectivity index (χ4n) is 14.1. The van der Waals surface area contributed by atoms with Crippen LogP contribution in [0.25, 0.3) is 44.8 Å². The quantitative estimate of drug-likeness (QED) is 0.176. The Hall–Kier alpha value is -9.12. The van der Waals surface area contributed by atoms with Crippen molar-refractivity contribution in [2.75, 3.05) is 9.80 Å². The van der Waals surface area contributed by atoms with Crippen molar-refractivity contribution in [3.8, 4) is 44.8 Å². The summed E-state index contributed by atoms with van der Waals surface area (Å²) in [5.74, 6) is 0.728. The van der Waals surface area contributed by atoms with E-state index in [9.17, 15) is 0 Å². The Morgan fingerprint density at radius 2 is 0.592 bits per heavy atom. The van der Waals surface area contributed by atoms with Crippen molar-refractivity contribution in [1.29, 1.82) is 0 Å². The SMILES string of the molecule is Cc1ccc2c(c1)C1(c3ccccc3-c3ccccc31)c1cc(C)ccc1N2c1cccc(-c2nc(C)nc(-c3cccc(N4c5ccc(C)cc5C5(c6ccccc6-c6ccccc65)c5cc(C)ccc54)c3)c2C)c1. The van der Waals surface area contributed by atoms with Gasteiger partial charge in [-0.2, -0.15) is 0 Å². The summed E-state index contributed by atoms with van der Waals surface area (Å²) in [5.41, 5.74) is 31.5. The van der Waals surface area contributed by atoms with Crippen LogP contribution in [-0.4, -0.2) is 9.97 Å². The zero-order chi connectivity index (χ0) is 51.2. The average molecular weight is 975 g/mol. The molecular weight excluding hydrogens is 921 g/mol. The van der Waals surface area contributed by atoms with E-state index in [1.807, 2.05) is 6.92 Å². The van der Waals surface area contributed by atoms with Crippen molar-refractivity contribution in [1.82, 2.24) is 9.97 Å². The number of fused-ring (bicyclic) bond motifs is 18. The van der Waals surface area contributed by atoms with Crippen LogP contribution < -0.4 is 9.80 Å². The number of rotatable bonds is 4. The summed E-state index contributed by atoms with van der Waals surface area (Å²) in [6, 6.07) is 82.3. The molecule has 0 radical (unpaired) electrons. The average Bonchev–Trinajstić information content (AvgIpc) is 3.99. The molecule has 4 aliphatic rings. The van der Waals surface area contributed by atoms with Crippen LogP contribution >= 0.6 is 0 Å². The summed E-state index contributed by atoms with van der Waals surface area (Å²) in [5, 5.41) is 0. The highest BCUT2D eigenvalue weighted by molar-refractivity contribution is 5.99. The Labute approximate surface area is 445 Å². The van der Waals surface area contributed by atoms with Crippen LogP contribution in [0.1, 0.15) is 78.1 Å². The largest absolute Gasteiger partial charge is 0.310 e. The van der Waals surface area contributed by atoms with Crippen LogP contribution in [0.15, 0.2) is 218 Å². The monoisotopic (exact) mass is 974 g/mol. The molecule has 2 aliphatic carbocycles. The van der Waals surface area contributed by atoms with Crippen molar-refractivity contribution in [3.05, 3.63) is 297 Å². The lowest BCUT2D eigenvalue weighted by Gasteiger charge is -2.45. The van der Waals surface area contributed by atoms with E-state index in [1.165, 1.54) is 112 Å². The molecule has 10 aromatic carbocycles. The van der Waals surface area contributed by atoms with Gasteiger partial charge in [0.1, 0.15) is 5.82 Å². The molecule has 76 heavy (non-hydrogen) atoms. The maximum Gasteiger partial charge on any atom is 0.126 e. The maximum absolute atomic E-state index is 5.26. The summed E-state index contributed by atoms with van der Waals surface area (Å²) >= 11 is 0. The molecular formula is C72H54N4. The van der Waals surface area contributed by atoms with Crippen LogP contribution in [0.5, 0.6) is 0 Å². The highest BCUT2D eigenvalue weighted by atomic mass is 15.2. The summed E-state index contributed by atoms with van der Waals surface area (Å²) in [6.45, 7) is 13.1. The van der Waals surface area contributed by atoms with Gasteiger partial charge in [0.25, 0.3) is 0 Å². The summed E-state index contributed by atoms with van der Waals surface area (Å²) in [7, 11) is 0.